The molecular weight excluding hydrogens is 238 g/mol. The molecule has 1 aromatic carbocycles. The van der Waals surface area contributed by atoms with E-state index in [1.807, 2.05) is 6.07 Å². The van der Waals surface area contributed by atoms with Gasteiger partial charge in [0.1, 0.15) is 11.0 Å². The standard InChI is InChI=1S/C9H8ClNO3S/c1-6-3-4-8(15(10,12)13)9(14-2)7(6)5-11/h3-4H,1-2H3. The number of rotatable bonds is 2. The van der Waals surface area contributed by atoms with Gasteiger partial charge in [0.25, 0.3) is 9.05 Å². The van der Waals surface area contributed by atoms with Crippen LogP contribution in [0.2, 0.25) is 0 Å². The number of hydrogen-bond donors (Lipinski definition) is 0. The molecule has 0 radical (unpaired) electrons. The van der Waals surface area contributed by atoms with E-state index in [0.29, 0.717) is 5.56 Å². The van der Waals surface area contributed by atoms with Crippen molar-refractivity contribution in [1.82, 2.24) is 0 Å². The van der Waals surface area contributed by atoms with Crippen molar-refractivity contribution < 1.29 is 13.2 Å². The van der Waals surface area contributed by atoms with E-state index in [0.717, 1.165) is 0 Å². The molecular formula is C9H8ClNO3S. The highest BCUT2D eigenvalue weighted by Crippen LogP contribution is 2.31. The minimum Gasteiger partial charge on any atom is -0.494 e. The molecule has 0 fully saturated rings. The van der Waals surface area contributed by atoms with Crippen LogP contribution in [-0.4, -0.2) is 15.5 Å². The molecule has 0 saturated carbocycles. The second-order valence-corrected chi connectivity index (χ2v) is 5.37. The van der Waals surface area contributed by atoms with Gasteiger partial charge in [-0.3, -0.25) is 0 Å². The highest BCUT2D eigenvalue weighted by atomic mass is 35.7. The summed E-state index contributed by atoms with van der Waals surface area (Å²) in [7, 11) is 2.60. The van der Waals surface area contributed by atoms with Gasteiger partial charge in [-0.2, -0.15) is 5.26 Å². The maximum atomic E-state index is 11.2. The quantitative estimate of drug-likeness (QED) is 0.745. The molecule has 0 atom stereocenters. The first-order valence-electron chi connectivity index (χ1n) is 3.94. The van der Waals surface area contributed by atoms with Crippen molar-refractivity contribution in [2.45, 2.75) is 11.8 Å². The highest BCUT2D eigenvalue weighted by molar-refractivity contribution is 8.13. The Morgan fingerprint density at radius 2 is 2.07 bits per heavy atom. The summed E-state index contributed by atoms with van der Waals surface area (Å²) >= 11 is 0. The van der Waals surface area contributed by atoms with Gasteiger partial charge in [0, 0.05) is 10.7 Å². The second kappa shape index (κ2) is 4.09. The van der Waals surface area contributed by atoms with Crippen LogP contribution in [0, 0.1) is 18.3 Å². The van der Waals surface area contributed by atoms with E-state index >= 15 is 0 Å². The number of benzene rings is 1. The zero-order valence-electron chi connectivity index (χ0n) is 8.11. The van der Waals surface area contributed by atoms with Crippen LogP contribution in [-0.2, 0) is 9.05 Å². The Morgan fingerprint density at radius 1 is 1.47 bits per heavy atom. The van der Waals surface area contributed by atoms with Crippen LogP contribution in [0.4, 0.5) is 0 Å². The molecule has 6 heteroatoms. The van der Waals surface area contributed by atoms with Crippen LogP contribution in [0.1, 0.15) is 11.1 Å². The van der Waals surface area contributed by atoms with E-state index in [2.05, 4.69) is 0 Å². The van der Waals surface area contributed by atoms with Crippen LogP contribution < -0.4 is 4.74 Å². The first kappa shape index (κ1) is 11.8. The molecule has 80 valence electrons. The SMILES string of the molecule is COc1c(S(=O)(=O)Cl)ccc(C)c1C#N. The molecule has 1 aromatic rings. The summed E-state index contributed by atoms with van der Waals surface area (Å²) in [5.41, 5.74) is 0.817. The molecule has 0 heterocycles. The Kier molecular flexibility index (Phi) is 3.22. The average molecular weight is 246 g/mol. The van der Waals surface area contributed by atoms with Crippen molar-refractivity contribution in [3.8, 4) is 11.8 Å². The maximum Gasteiger partial charge on any atom is 0.265 e. The fraction of sp³-hybridized carbons (Fsp3) is 0.222. The van der Waals surface area contributed by atoms with E-state index in [-0.39, 0.29) is 16.2 Å². The molecule has 4 nitrogen and oxygen atoms in total. The number of nitriles is 1. The van der Waals surface area contributed by atoms with Gasteiger partial charge in [0.2, 0.25) is 0 Å². The number of aryl methyl sites for hydroxylation is 1. The molecule has 0 N–H and O–H groups in total. The summed E-state index contributed by atoms with van der Waals surface area (Å²) in [6.07, 6.45) is 0. The van der Waals surface area contributed by atoms with E-state index in [4.69, 9.17) is 20.7 Å². The summed E-state index contributed by atoms with van der Waals surface area (Å²) in [4.78, 5) is -0.186. The predicted octanol–water partition coefficient (Wildman–Crippen LogP) is 1.80. The van der Waals surface area contributed by atoms with Gasteiger partial charge in [0.15, 0.2) is 5.75 Å². The summed E-state index contributed by atoms with van der Waals surface area (Å²) < 4.78 is 27.2. The van der Waals surface area contributed by atoms with Crippen molar-refractivity contribution in [3.63, 3.8) is 0 Å². The summed E-state index contributed by atoms with van der Waals surface area (Å²) in [5, 5.41) is 8.85. The predicted molar refractivity (Wildman–Crippen MR) is 55.5 cm³/mol. The highest BCUT2D eigenvalue weighted by Gasteiger charge is 2.20. The molecule has 0 aliphatic heterocycles. The average Bonchev–Trinajstić information content (AvgIpc) is 2.15. The van der Waals surface area contributed by atoms with E-state index in [1.165, 1.54) is 19.2 Å². The van der Waals surface area contributed by atoms with Crippen molar-refractivity contribution >= 4 is 19.7 Å². The molecule has 0 unspecified atom stereocenters. The lowest BCUT2D eigenvalue weighted by atomic mass is 10.1. The Hall–Kier alpha value is -1.25. The lowest BCUT2D eigenvalue weighted by Crippen LogP contribution is -2.00. The summed E-state index contributed by atoms with van der Waals surface area (Å²) in [6.45, 7) is 1.69. The zero-order valence-corrected chi connectivity index (χ0v) is 9.69. The number of halogens is 1. The smallest absolute Gasteiger partial charge is 0.265 e. The third kappa shape index (κ3) is 2.22. The Labute approximate surface area is 92.5 Å². The molecule has 0 amide bonds. The monoisotopic (exact) mass is 245 g/mol. The lowest BCUT2D eigenvalue weighted by Gasteiger charge is -2.08. The van der Waals surface area contributed by atoms with E-state index in [9.17, 15) is 8.42 Å². The van der Waals surface area contributed by atoms with E-state index in [1.54, 1.807) is 6.92 Å². The van der Waals surface area contributed by atoms with Gasteiger partial charge in [-0.25, -0.2) is 8.42 Å². The molecule has 0 aliphatic rings. The molecule has 15 heavy (non-hydrogen) atoms. The van der Waals surface area contributed by atoms with Crippen LogP contribution in [0.25, 0.3) is 0 Å². The van der Waals surface area contributed by atoms with Crippen molar-refractivity contribution in [2.75, 3.05) is 7.11 Å². The Balaban J connectivity index is 3.66. The lowest BCUT2D eigenvalue weighted by molar-refractivity contribution is 0.401. The third-order valence-electron chi connectivity index (χ3n) is 1.91. The Morgan fingerprint density at radius 3 is 2.47 bits per heavy atom. The molecule has 0 bridgehead atoms. The molecule has 0 saturated heterocycles. The molecule has 0 aliphatic carbocycles. The van der Waals surface area contributed by atoms with Gasteiger partial charge < -0.3 is 4.74 Å². The second-order valence-electron chi connectivity index (χ2n) is 2.84. The third-order valence-corrected chi connectivity index (χ3v) is 3.25. The summed E-state index contributed by atoms with van der Waals surface area (Å²) in [6, 6.07) is 4.71. The van der Waals surface area contributed by atoms with Crippen LogP contribution in [0.5, 0.6) is 5.75 Å². The number of methoxy groups -OCH3 is 1. The van der Waals surface area contributed by atoms with Crippen LogP contribution >= 0.6 is 10.7 Å². The first-order valence-corrected chi connectivity index (χ1v) is 6.25. The van der Waals surface area contributed by atoms with Gasteiger partial charge in [-0.15, -0.1) is 0 Å². The number of hydrogen-bond acceptors (Lipinski definition) is 4. The molecule has 0 aromatic heterocycles. The van der Waals surface area contributed by atoms with Gasteiger partial charge in [0.05, 0.1) is 12.7 Å². The minimum absolute atomic E-state index is 0.00694. The van der Waals surface area contributed by atoms with Gasteiger partial charge in [-0.05, 0) is 18.6 Å². The largest absolute Gasteiger partial charge is 0.494 e. The number of ether oxygens (including phenoxy) is 1. The minimum atomic E-state index is -3.90. The fourth-order valence-corrected chi connectivity index (χ4v) is 2.20. The van der Waals surface area contributed by atoms with Crippen molar-refractivity contribution in [2.24, 2.45) is 0 Å². The normalized spacial score (nSPS) is 10.8. The fourth-order valence-electron chi connectivity index (χ4n) is 1.20. The first-order chi connectivity index (χ1) is 6.91. The van der Waals surface area contributed by atoms with E-state index < -0.39 is 9.05 Å². The van der Waals surface area contributed by atoms with Gasteiger partial charge >= 0.3 is 0 Å². The zero-order chi connectivity index (χ0) is 11.6. The van der Waals surface area contributed by atoms with Crippen LogP contribution in [0.3, 0.4) is 0 Å². The maximum absolute atomic E-state index is 11.2. The van der Waals surface area contributed by atoms with Crippen LogP contribution in [0.15, 0.2) is 17.0 Å². The molecule has 1 rings (SSSR count). The Bertz CT molecular complexity index is 531. The topological polar surface area (TPSA) is 67.2 Å². The van der Waals surface area contributed by atoms with Crippen molar-refractivity contribution in [3.05, 3.63) is 23.3 Å². The van der Waals surface area contributed by atoms with Gasteiger partial charge in [-0.1, -0.05) is 6.07 Å². The number of nitrogens with zero attached hydrogens (tertiary/aromatic N) is 1. The molecule has 0 spiro atoms. The summed E-state index contributed by atoms with van der Waals surface area (Å²) in [5.74, 6) is -0.00694. The van der Waals surface area contributed by atoms with Crippen molar-refractivity contribution in [1.29, 1.82) is 5.26 Å².